The number of amides is 1. The third-order valence-corrected chi connectivity index (χ3v) is 9.58. The molecule has 1 aromatic heterocycles. The fraction of sp³-hybridized carbons (Fsp3) is 0.378. The van der Waals surface area contributed by atoms with E-state index in [1.807, 2.05) is 65.4 Å². The molecule has 2 heterocycles. The van der Waals surface area contributed by atoms with E-state index in [1.54, 1.807) is 18.2 Å². The van der Waals surface area contributed by atoms with Crippen molar-refractivity contribution in [2.45, 2.75) is 63.6 Å². The van der Waals surface area contributed by atoms with Crippen LogP contribution < -0.4 is 5.32 Å². The number of likely N-dealkylation sites (tertiary alicyclic amines) is 1. The molecule has 6 rings (SSSR count). The zero-order valence-electron chi connectivity index (χ0n) is 26.4. The topological polar surface area (TPSA) is 89.9 Å². The number of Topliss-reactive ketones (excluding diaryl/α,β-unsaturated/α-hetero) is 1. The molecule has 1 amide bonds. The van der Waals surface area contributed by atoms with Gasteiger partial charge in [0.25, 0.3) is 5.91 Å². The highest BCUT2D eigenvalue weighted by molar-refractivity contribution is 6.34. The molecule has 0 radical (unpaired) electrons. The number of halogens is 2. The van der Waals surface area contributed by atoms with Crippen LogP contribution in [-0.4, -0.2) is 59.4 Å². The lowest BCUT2D eigenvalue weighted by Crippen LogP contribution is -2.54. The Morgan fingerprint density at radius 3 is 2.34 bits per heavy atom. The minimum atomic E-state index is -2.58. The monoisotopic (exact) mass is 659 g/mol. The normalized spacial score (nSPS) is 19.7. The first-order chi connectivity index (χ1) is 22.7. The van der Waals surface area contributed by atoms with Gasteiger partial charge in [-0.1, -0.05) is 66.2 Å². The molecule has 0 bridgehead atoms. The average Bonchev–Trinajstić information content (AvgIpc) is 3.76. The van der Waals surface area contributed by atoms with Crippen LogP contribution in [0.1, 0.15) is 60.0 Å². The predicted molar refractivity (Wildman–Crippen MR) is 179 cm³/mol. The lowest BCUT2D eigenvalue weighted by molar-refractivity contribution is -0.252. The summed E-state index contributed by atoms with van der Waals surface area (Å²) in [7, 11) is 1.36. The van der Waals surface area contributed by atoms with Crippen LogP contribution in [0, 0.1) is 5.92 Å². The van der Waals surface area contributed by atoms with Gasteiger partial charge in [0.1, 0.15) is 0 Å². The molecular formula is C37H39ClFN3O5. The van der Waals surface area contributed by atoms with Gasteiger partial charge in [0.15, 0.2) is 0 Å². The maximum absolute atomic E-state index is 16.7. The first-order valence-corrected chi connectivity index (χ1v) is 16.6. The lowest BCUT2D eigenvalue weighted by Gasteiger charge is -2.37. The van der Waals surface area contributed by atoms with Crippen molar-refractivity contribution in [3.63, 3.8) is 0 Å². The molecule has 3 aromatic carbocycles. The van der Waals surface area contributed by atoms with Gasteiger partial charge >= 0.3 is 11.9 Å². The van der Waals surface area contributed by atoms with Gasteiger partial charge in [-0.15, -0.1) is 0 Å². The first kappa shape index (κ1) is 32.9. The van der Waals surface area contributed by atoms with Crippen LogP contribution in [0.15, 0.2) is 79.0 Å². The number of rotatable bonds is 11. The van der Waals surface area contributed by atoms with Gasteiger partial charge in [-0.3, -0.25) is 14.4 Å². The minimum Gasteiger partial charge on any atom is -0.469 e. The molecule has 1 saturated heterocycles. The summed E-state index contributed by atoms with van der Waals surface area (Å²) in [4.78, 5) is 40.5. The van der Waals surface area contributed by atoms with Gasteiger partial charge in [0.2, 0.25) is 5.78 Å². The number of benzene rings is 3. The summed E-state index contributed by atoms with van der Waals surface area (Å²) in [6, 6.07) is 22.7. The van der Waals surface area contributed by atoms with Gasteiger partial charge in [0.05, 0.1) is 35.4 Å². The summed E-state index contributed by atoms with van der Waals surface area (Å²) in [6.07, 6.45) is 4.68. The molecule has 0 spiro atoms. The molecule has 1 aliphatic carbocycles. The Morgan fingerprint density at radius 2 is 1.64 bits per heavy atom. The number of methoxy groups -OCH3 is 1. The maximum Gasteiger partial charge on any atom is 0.330 e. The third-order valence-electron chi connectivity index (χ3n) is 9.26. The van der Waals surface area contributed by atoms with Gasteiger partial charge < -0.3 is 19.4 Å². The largest absolute Gasteiger partial charge is 0.469 e. The van der Waals surface area contributed by atoms with Crippen LogP contribution in [0.3, 0.4) is 0 Å². The molecule has 1 saturated carbocycles. The van der Waals surface area contributed by atoms with Crippen molar-refractivity contribution in [1.82, 2.24) is 9.47 Å². The number of ketones is 1. The summed E-state index contributed by atoms with van der Waals surface area (Å²) in [5.74, 6) is -4.09. The molecule has 1 N–H and O–H groups in total. The number of hydrogen-bond acceptors (Lipinski definition) is 6. The Balaban J connectivity index is 1.15. The van der Waals surface area contributed by atoms with Crippen molar-refractivity contribution in [2.24, 2.45) is 5.92 Å². The summed E-state index contributed by atoms with van der Waals surface area (Å²) < 4.78 is 29.5. The van der Waals surface area contributed by atoms with E-state index in [1.165, 1.54) is 12.0 Å². The number of aromatic nitrogens is 1. The first-order valence-electron chi connectivity index (χ1n) is 16.2. The zero-order valence-corrected chi connectivity index (χ0v) is 27.2. The van der Waals surface area contributed by atoms with Gasteiger partial charge in [-0.25, -0.2) is 4.90 Å². The Labute approximate surface area is 278 Å². The van der Waals surface area contributed by atoms with Gasteiger partial charge in [-0.2, -0.15) is 4.39 Å². The number of hydrogen-bond donors (Lipinski definition) is 1. The minimum absolute atomic E-state index is 0.231. The average molecular weight is 660 g/mol. The van der Waals surface area contributed by atoms with Crippen LogP contribution in [0.25, 0.3) is 10.9 Å². The highest BCUT2D eigenvalue weighted by Crippen LogP contribution is 2.35. The number of carbonyl (C=O) groups excluding carboxylic acids is 3. The molecular weight excluding hydrogens is 621 g/mol. The summed E-state index contributed by atoms with van der Waals surface area (Å²) in [5.41, 5.74) is 3.46. The summed E-state index contributed by atoms with van der Waals surface area (Å²) in [6.45, 7) is 1.46. The Hall–Kier alpha value is -4.05. The van der Waals surface area contributed by atoms with E-state index in [2.05, 4.69) is 5.32 Å². The number of para-hydroxylation sites is 1. The molecule has 47 heavy (non-hydrogen) atoms. The molecule has 246 valence electrons. The Kier molecular flexibility index (Phi) is 10.1. The Bertz CT molecular complexity index is 1750. The summed E-state index contributed by atoms with van der Waals surface area (Å²) in [5, 5.41) is 3.97. The highest BCUT2D eigenvalue weighted by atomic mass is 35.5. The standard InChI is InChI=1S/C37H39ClFN3O5/c1-46-36(45)27-14-16-28(17-15-27)47-37(39,42-19-7-8-20-42)34(43)22-26-13-18-32(31(38)21-26)40-35(44)30-24-41(23-25-9-3-2-4-10-25)33-12-6-5-11-29(30)33/h2-6,9-13,18,21,24,27-28H,7-8,14-17,19-20,22-23H2,1H3,(H,40,44). The second-order valence-electron chi connectivity index (χ2n) is 12.4. The van der Waals surface area contributed by atoms with E-state index < -0.39 is 17.9 Å². The predicted octanol–water partition coefficient (Wildman–Crippen LogP) is 7.17. The fourth-order valence-electron chi connectivity index (χ4n) is 6.72. The van der Waals surface area contributed by atoms with Crippen molar-refractivity contribution in [2.75, 3.05) is 25.5 Å². The zero-order chi connectivity index (χ0) is 33.0. The molecule has 1 atom stereocenters. The van der Waals surface area contributed by atoms with Crippen molar-refractivity contribution in [3.05, 3.63) is 101 Å². The summed E-state index contributed by atoms with van der Waals surface area (Å²) >= 11 is 6.62. The van der Waals surface area contributed by atoms with E-state index >= 15 is 4.39 Å². The van der Waals surface area contributed by atoms with Crippen molar-refractivity contribution >= 4 is 45.9 Å². The van der Waals surface area contributed by atoms with Crippen LogP contribution in [-0.2, 0) is 32.0 Å². The number of ether oxygens (including phenoxy) is 2. The number of esters is 1. The van der Waals surface area contributed by atoms with E-state index in [-0.39, 0.29) is 29.2 Å². The van der Waals surface area contributed by atoms with Crippen LogP contribution in [0.2, 0.25) is 5.02 Å². The van der Waals surface area contributed by atoms with E-state index in [0.29, 0.717) is 62.1 Å². The quantitative estimate of drug-likeness (QED) is 0.136. The van der Waals surface area contributed by atoms with Gasteiger partial charge in [-0.05, 0) is 67.9 Å². The molecule has 4 aromatic rings. The second kappa shape index (κ2) is 14.4. The number of nitrogens with one attached hydrogen (secondary N) is 1. The molecule has 1 unspecified atom stereocenters. The molecule has 1 aliphatic heterocycles. The fourth-order valence-corrected chi connectivity index (χ4v) is 6.97. The number of nitrogens with zero attached hydrogens (tertiary/aromatic N) is 2. The van der Waals surface area contributed by atoms with Crippen LogP contribution in [0.5, 0.6) is 0 Å². The van der Waals surface area contributed by atoms with Crippen molar-refractivity contribution < 1.29 is 28.2 Å². The SMILES string of the molecule is COC(=O)C1CCC(OC(F)(C(=O)Cc2ccc(NC(=O)c3cn(Cc4ccccc4)c4ccccc34)c(Cl)c2)N2CCCC2)CC1. The van der Waals surface area contributed by atoms with Crippen molar-refractivity contribution in [3.8, 4) is 0 Å². The molecule has 2 aliphatic rings. The number of fused-ring (bicyclic) bond motifs is 1. The number of alkyl halides is 1. The smallest absolute Gasteiger partial charge is 0.330 e. The van der Waals surface area contributed by atoms with Crippen LogP contribution in [0.4, 0.5) is 10.1 Å². The lowest BCUT2D eigenvalue weighted by atomic mass is 9.87. The Morgan fingerprint density at radius 1 is 0.936 bits per heavy atom. The highest BCUT2D eigenvalue weighted by Gasteiger charge is 2.48. The van der Waals surface area contributed by atoms with E-state index in [0.717, 1.165) is 29.3 Å². The van der Waals surface area contributed by atoms with Crippen LogP contribution >= 0.6 is 11.6 Å². The third kappa shape index (κ3) is 7.27. The number of anilines is 1. The van der Waals surface area contributed by atoms with E-state index in [4.69, 9.17) is 21.1 Å². The number of carbonyl (C=O) groups is 3. The second-order valence-corrected chi connectivity index (χ2v) is 12.8. The molecule has 2 fully saturated rings. The van der Waals surface area contributed by atoms with Crippen molar-refractivity contribution in [1.29, 1.82) is 0 Å². The maximum atomic E-state index is 16.7. The van der Waals surface area contributed by atoms with Gasteiger partial charge in [0, 0.05) is 43.2 Å². The molecule has 10 heteroatoms. The van der Waals surface area contributed by atoms with E-state index in [9.17, 15) is 14.4 Å². The molecule has 8 nitrogen and oxygen atoms in total.